The predicted octanol–water partition coefficient (Wildman–Crippen LogP) is 2.01. The number of benzene rings is 1. The van der Waals surface area contributed by atoms with Crippen LogP contribution in [0, 0.1) is 0 Å². The molecule has 5 nitrogen and oxygen atoms in total. The molecule has 0 aromatic heterocycles. The molecule has 6 heteroatoms. The maximum Gasteiger partial charge on any atom is 0.221 e. The molecule has 2 aliphatic rings. The molecule has 22 heavy (non-hydrogen) atoms. The van der Waals surface area contributed by atoms with Crippen molar-refractivity contribution in [2.75, 3.05) is 19.0 Å². The summed E-state index contributed by atoms with van der Waals surface area (Å²) in [6.07, 6.45) is 4.80. The van der Waals surface area contributed by atoms with E-state index in [1.165, 1.54) is 12.8 Å². The lowest BCUT2D eigenvalue weighted by Gasteiger charge is -2.18. The van der Waals surface area contributed by atoms with Crippen LogP contribution in [-0.4, -0.2) is 35.1 Å². The minimum Gasteiger partial charge on any atom is -0.486 e. The number of fused-ring (bicyclic) bond motifs is 1. The minimum absolute atomic E-state index is 0.00204. The van der Waals surface area contributed by atoms with Gasteiger partial charge >= 0.3 is 0 Å². The monoisotopic (exact) mass is 323 g/mol. The average molecular weight is 323 g/mol. The normalized spacial score (nSPS) is 18.9. The van der Waals surface area contributed by atoms with Gasteiger partial charge < -0.3 is 14.8 Å². The summed E-state index contributed by atoms with van der Waals surface area (Å²) in [7, 11) is -1.20. The Morgan fingerprint density at radius 1 is 1.18 bits per heavy atom. The number of hydrogen-bond acceptors (Lipinski definition) is 4. The first-order chi connectivity index (χ1) is 10.7. The van der Waals surface area contributed by atoms with E-state index in [0.717, 1.165) is 12.8 Å². The lowest BCUT2D eigenvalue weighted by Crippen LogP contribution is -2.33. The first-order valence-electron chi connectivity index (χ1n) is 7.80. The van der Waals surface area contributed by atoms with E-state index in [0.29, 0.717) is 41.4 Å². The van der Waals surface area contributed by atoms with Crippen molar-refractivity contribution in [3.63, 3.8) is 0 Å². The second-order valence-electron chi connectivity index (χ2n) is 5.65. The van der Waals surface area contributed by atoms with Crippen molar-refractivity contribution >= 4 is 16.7 Å². The van der Waals surface area contributed by atoms with Gasteiger partial charge in [-0.25, -0.2) is 0 Å². The molecule has 0 unspecified atom stereocenters. The van der Waals surface area contributed by atoms with Gasteiger partial charge in [0.25, 0.3) is 0 Å². The molecule has 1 fully saturated rings. The lowest BCUT2D eigenvalue weighted by atomic mass is 10.2. The molecule has 1 saturated carbocycles. The van der Waals surface area contributed by atoms with Crippen LogP contribution in [0.3, 0.4) is 0 Å². The summed E-state index contributed by atoms with van der Waals surface area (Å²) >= 11 is 0. The van der Waals surface area contributed by atoms with Gasteiger partial charge in [0, 0.05) is 29.2 Å². The molecular formula is C16H21NO4S. The van der Waals surface area contributed by atoms with Crippen molar-refractivity contribution in [3.8, 4) is 11.5 Å². The number of carbonyl (C=O) groups excluding carboxylic acids is 1. The Bertz CT molecular complexity index is 569. The number of ether oxygens (including phenoxy) is 2. The maximum atomic E-state index is 12.3. The Balaban J connectivity index is 1.52. The van der Waals surface area contributed by atoms with E-state index < -0.39 is 10.8 Å². The zero-order chi connectivity index (χ0) is 15.4. The standard InChI is InChI=1S/C16H21NO4S/c18-16(17-12-3-1-2-4-12)7-10-22(19)13-5-6-14-15(11-13)21-9-8-20-14/h5-6,11-12H,1-4,7-10H2,(H,17,18)/t22-/m1/s1. The van der Waals surface area contributed by atoms with Crippen molar-refractivity contribution in [3.05, 3.63) is 18.2 Å². The van der Waals surface area contributed by atoms with E-state index in [-0.39, 0.29) is 12.3 Å². The van der Waals surface area contributed by atoms with E-state index in [1.807, 2.05) is 0 Å². The zero-order valence-electron chi connectivity index (χ0n) is 12.5. The van der Waals surface area contributed by atoms with Gasteiger partial charge in [-0.05, 0) is 25.0 Å². The van der Waals surface area contributed by atoms with Gasteiger partial charge in [-0.3, -0.25) is 9.00 Å². The van der Waals surface area contributed by atoms with Crippen molar-refractivity contribution < 1.29 is 18.5 Å². The summed E-state index contributed by atoms with van der Waals surface area (Å²) in [5.74, 6) is 1.65. The SMILES string of the molecule is O=C(CC[S@@](=O)c1ccc2c(c1)OCCO2)NC1CCCC1. The molecule has 0 spiro atoms. The lowest BCUT2D eigenvalue weighted by molar-refractivity contribution is -0.121. The Morgan fingerprint density at radius 3 is 2.68 bits per heavy atom. The molecule has 0 bridgehead atoms. The first kappa shape index (κ1) is 15.3. The van der Waals surface area contributed by atoms with E-state index in [2.05, 4.69) is 5.32 Å². The number of carbonyl (C=O) groups is 1. The largest absolute Gasteiger partial charge is 0.486 e. The highest BCUT2D eigenvalue weighted by molar-refractivity contribution is 7.85. The van der Waals surface area contributed by atoms with Crippen LogP contribution in [0.4, 0.5) is 0 Å². The third-order valence-corrected chi connectivity index (χ3v) is 5.37. The smallest absolute Gasteiger partial charge is 0.221 e. The van der Waals surface area contributed by atoms with Crippen molar-refractivity contribution in [1.29, 1.82) is 0 Å². The molecule has 3 rings (SSSR count). The summed E-state index contributed by atoms with van der Waals surface area (Å²) in [5, 5.41) is 3.02. The van der Waals surface area contributed by atoms with Crippen LogP contribution in [-0.2, 0) is 15.6 Å². The summed E-state index contributed by atoms with van der Waals surface area (Å²) in [6.45, 7) is 1.05. The molecule has 0 radical (unpaired) electrons. The summed E-state index contributed by atoms with van der Waals surface area (Å²) in [4.78, 5) is 12.6. The van der Waals surface area contributed by atoms with E-state index in [1.54, 1.807) is 18.2 Å². The Kier molecular flexibility index (Phi) is 4.97. The minimum atomic E-state index is -1.20. The topological polar surface area (TPSA) is 64.6 Å². The van der Waals surface area contributed by atoms with Gasteiger partial charge in [0.05, 0.1) is 10.8 Å². The second kappa shape index (κ2) is 7.13. The quantitative estimate of drug-likeness (QED) is 0.900. The molecule has 1 atom stereocenters. The third kappa shape index (κ3) is 3.80. The van der Waals surface area contributed by atoms with Gasteiger partial charge in [0.15, 0.2) is 11.5 Å². The number of nitrogens with one attached hydrogen (secondary N) is 1. The summed E-state index contributed by atoms with van der Waals surface area (Å²) in [6, 6.07) is 5.62. The van der Waals surface area contributed by atoms with Crippen LogP contribution in [0.1, 0.15) is 32.1 Å². The summed E-state index contributed by atoms with van der Waals surface area (Å²) in [5.41, 5.74) is 0. The molecule has 1 N–H and O–H groups in total. The molecule has 0 saturated heterocycles. The van der Waals surface area contributed by atoms with Crippen molar-refractivity contribution in [2.45, 2.75) is 43.0 Å². The molecular weight excluding hydrogens is 302 g/mol. The first-order valence-corrected chi connectivity index (χ1v) is 9.11. The Hall–Kier alpha value is -1.56. The van der Waals surface area contributed by atoms with E-state index in [4.69, 9.17) is 9.47 Å². The van der Waals surface area contributed by atoms with Gasteiger partial charge in [-0.15, -0.1) is 0 Å². The Labute approximate surface area is 132 Å². The van der Waals surface area contributed by atoms with E-state index >= 15 is 0 Å². The van der Waals surface area contributed by atoms with Crippen LogP contribution in [0.15, 0.2) is 23.1 Å². The fourth-order valence-corrected chi connectivity index (χ4v) is 3.90. The molecule has 1 heterocycles. The molecule has 1 amide bonds. The fraction of sp³-hybridized carbons (Fsp3) is 0.562. The highest BCUT2D eigenvalue weighted by Crippen LogP contribution is 2.31. The highest BCUT2D eigenvalue weighted by atomic mass is 32.2. The van der Waals surface area contributed by atoms with Crippen molar-refractivity contribution in [2.24, 2.45) is 0 Å². The molecule has 1 aromatic rings. The zero-order valence-corrected chi connectivity index (χ0v) is 13.3. The second-order valence-corrected chi connectivity index (χ2v) is 7.22. The van der Waals surface area contributed by atoms with Gasteiger partial charge in [0.2, 0.25) is 5.91 Å². The highest BCUT2D eigenvalue weighted by Gasteiger charge is 2.18. The Morgan fingerprint density at radius 2 is 1.91 bits per heavy atom. The van der Waals surface area contributed by atoms with Crippen LogP contribution in [0.2, 0.25) is 0 Å². The van der Waals surface area contributed by atoms with Gasteiger partial charge in [-0.1, -0.05) is 12.8 Å². The number of amides is 1. The molecule has 1 aliphatic carbocycles. The number of rotatable bonds is 5. The fourth-order valence-electron chi connectivity index (χ4n) is 2.84. The van der Waals surface area contributed by atoms with Crippen molar-refractivity contribution in [1.82, 2.24) is 5.32 Å². The third-order valence-electron chi connectivity index (χ3n) is 4.01. The maximum absolute atomic E-state index is 12.3. The molecule has 120 valence electrons. The van der Waals surface area contributed by atoms with Gasteiger partial charge in [0.1, 0.15) is 13.2 Å². The van der Waals surface area contributed by atoms with E-state index in [9.17, 15) is 9.00 Å². The molecule has 1 aliphatic heterocycles. The molecule has 1 aromatic carbocycles. The van der Waals surface area contributed by atoms with Crippen LogP contribution in [0.5, 0.6) is 11.5 Å². The van der Waals surface area contributed by atoms with Crippen LogP contribution >= 0.6 is 0 Å². The summed E-state index contributed by atoms with van der Waals surface area (Å²) < 4.78 is 23.2. The van der Waals surface area contributed by atoms with Crippen LogP contribution < -0.4 is 14.8 Å². The van der Waals surface area contributed by atoms with Crippen LogP contribution in [0.25, 0.3) is 0 Å². The van der Waals surface area contributed by atoms with Gasteiger partial charge in [-0.2, -0.15) is 0 Å². The average Bonchev–Trinajstić information content (AvgIpc) is 3.05. The predicted molar refractivity (Wildman–Crippen MR) is 83.7 cm³/mol. The number of hydrogen-bond donors (Lipinski definition) is 1.